The van der Waals surface area contributed by atoms with Gasteiger partial charge < -0.3 is 15.5 Å². The van der Waals surface area contributed by atoms with Gasteiger partial charge in [0.05, 0.1) is 0 Å². The van der Waals surface area contributed by atoms with E-state index in [0.717, 1.165) is 45.2 Å². The lowest BCUT2D eigenvalue weighted by Crippen LogP contribution is -2.47. The first-order valence-electron chi connectivity index (χ1n) is 7.86. The van der Waals surface area contributed by atoms with Crippen LogP contribution in [0.5, 0.6) is 0 Å². The number of piperidine rings is 1. The predicted octanol–water partition coefficient (Wildman–Crippen LogP) is 2.29. The van der Waals surface area contributed by atoms with Gasteiger partial charge in [-0.3, -0.25) is 4.79 Å². The van der Waals surface area contributed by atoms with Crippen LogP contribution in [-0.2, 0) is 4.79 Å². The first-order valence-corrected chi connectivity index (χ1v) is 7.86. The van der Waals surface area contributed by atoms with Gasteiger partial charge >= 0.3 is 0 Å². The van der Waals surface area contributed by atoms with Crippen molar-refractivity contribution >= 4 is 30.7 Å². The maximum Gasteiger partial charge on any atom is 0.225 e. The normalized spacial score (nSPS) is 26.8. The number of nitrogens with zero attached hydrogens (tertiary/aromatic N) is 2. The van der Waals surface area contributed by atoms with E-state index in [1.165, 1.54) is 13.0 Å². The molecule has 0 radical (unpaired) electrons. The van der Waals surface area contributed by atoms with E-state index in [0.29, 0.717) is 11.9 Å². The highest BCUT2D eigenvalue weighted by atomic mass is 35.5. The molecule has 126 valence electrons. The van der Waals surface area contributed by atoms with Crippen LogP contribution in [-0.4, -0.2) is 54.5 Å². The summed E-state index contributed by atoms with van der Waals surface area (Å²) in [5.74, 6) is 0.524. The molecule has 1 heterocycles. The van der Waals surface area contributed by atoms with Crippen molar-refractivity contribution in [2.75, 3.05) is 26.7 Å². The van der Waals surface area contributed by atoms with Gasteiger partial charge in [0.2, 0.25) is 5.91 Å². The van der Waals surface area contributed by atoms with E-state index >= 15 is 0 Å². The molecule has 2 rings (SSSR count). The summed E-state index contributed by atoms with van der Waals surface area (Å²) in [7, 11) is 1.99. The van der Waals surface area contributed by atoms with Crippen molar-refractivity contribution < 1.29 is 4.79 Å². The first-order chi connectivity index (χ1) is 9.11. The molecule has 2 N–H and O–H groups in total. The van der Waals surface area contributed by atoms with Crippen LogP contribution in [0.25, 0.3) is 0 Å². The molecule has 4 nitrogen and oxygen atoms in total. The number of carbonyl (C=O) groups excluding carboxylic acids is 1. The number of halogens is 2. The Hall–Kier alpha value is -0.0300. The van der Waals surface area contributed by atoms with Crippen molar-refractivity contribution in [2.45, 2.75) is 57.5 Å². The molecule has 2 atom stereocenters. The molecule has 0 bridgehead atoms. The summed E-state index contributed by atoms with van der Waals surface area (Å²) in [5.41, 5.74) is 5.92. The van der Waals surface area contributed by atoms with Gasteiger partial charge in [-0.2, -0.15) is 0 Å². The van der Waals surface area contributed by atoms with Gasteiger partial charge in [-0.05, 0) is 45.1 Å². The fourth-order valence-electron chi connectivity index (χ4n) is 3.56. The Kier molecular flexibility index (Phi) is 9.87. The van der Waals surface area contributed by atoms with Gasteiger partial charge in [0.25, 0.3) is 0 Å². The molecule has 1 aliphatic carbocycles. The van der Waals surface area contributed by atoms with Crippen LogP contribution in [0.2, 0.25) is 0 Å². The highest BCUT2D eigenvalue weighted by Gasteiger charge is 2.33. The minimum absolute atomic E-state index is 0. The molecule has 1 aliphatic heterocycles. The number of likely N-dealkylation sites (tertiary alicyclic amines) is 1. The van der Waals surface area contributed by atoms with Crippen molar-refractivity contribution in [3.63, 3.8) is 0 Å². The zero-order chi connectivity index (χ0) is 13.8. The second kappa shape index (κ2) is 9.88. The lowest BCUT2D eigenvalue weighted by Gasteiger charge is -2.37. The Bertz CT molecular complexity index is 309. The van der Waals surface area contributed by atoms with Crippen LogP contribution in [0, 0.1) is 5.92 Å². The van der Waals surface area contributed by atoms with E-state index in [4.69, 9.17) is 5.73 Å². The Morgan fingerprint density at radius 2 is 1.81 bits per heavy atom. The number of hydrogen-bond donors (Lipinski definition) is 1. The standard InChI is InChI=1S/C15H29N3O.2ClH/c1-3-8-18-9-6-14(7-10-18)17(2)15(19)12-4-5-13(16)11-12;;/h12-14H,3-11,16H2,1-2H3;2*1H. The summed E-state index contributed by atoms with van der Waals surface area (Å²) in [6.45, 7) is 5.70. The van der Waals surface area contributed by atoms with Gasteiger partial charge in [0.15, 0.2) is 0 Å². The largest absolute Gasteiger partial charge is 0.342 e. The van der Waals surface area contributed by atoms with Gasteiger partial charge in [-0.1, -0.05) is 6.92 Å². The van der Waals surface area contributed by atoms with Gasteiger partial charge in [0, 0.05) is 38.1 Å². The van der Waals surface area contributed by atoms with Crippen molar-refractivity contribution in [1.82, 2.24) is 9.80 Å². The van der Waals surface area contributed by atoms with Gasteiger partial charge in [-0.15, -0.1) is 24.8 Å². The monoisotopic (exact) mass is 339 g/mol. The zero-order valence-electron chi connectivity index (χ0n) is 13.3. The van der Waals surface area contributed by atoms with Crippen molar-refractivity contribution in [3.8, 4) is 0 Å². The SMILES string of the molecule is CCCN1CCC(N(C)C(=O)C2CCC(N)C2)CC1.Cl.Cl. The number of amides is 1. The van der Waals surface area contributed by atoms with Crippen LogP contribution in [0.3, 0.4) is 0 Å². The molecule has 6 heteroatoms. The third kappa shape index (κ3) is 5.59. The minimum atomic E-state index is 0. The predicted molar refractivity (Wildman–Crippen MR) is 92.3 cm³/mol. The average Bonchev–Trinajstić information content (AvgIpc) is 2.85. The van der Waals surface area contributed by atoms with Crippen LogP contribution in [0.4, 0.5) is 0 Å². The van der Waals surface area contributed by atoms with Crippen LogP contribution >= 0.6 is 24.8 Å². The van der Waals surface area contributed by atoms with E-state index < -0.39 is 0 Å². The molecule has 1 saturated heterocycles. The summed E-state index contributed by atoms with van der Waals surface area (Å²) in [4.78, 5) is 17.0. The fraction of sp³-hybridized carbons (Fsp3) is 0.933. The molecule has 0 aromatic heterocycles. The number of hydrogen-bond acceptors (Lipinski definition) is 3. The topological polar surface area (TPSA) is 49.6 Å². The maximum atomic E-state index is 12.5. The molecule has 2 fully saturated rings. The number of nitrogens with two attached hydrogens (primary N) is 1. The quantitative estimate of drug-likeness (QED) is 0.854. The Balaban J connectivity index is 0.00000200. The summed E-state index contributed by atoms with van der Waals surface area (Å²) in [5, 5.41) is 0. The van der Waals surface area contributed by atoms with E-state index in [-0.39, 0.29) is 36.8 Å². The molecule has 2 unspecified atom stereocenters. The number of rotatable bonds is 4. The Morgan fingerprint density at radius 3 is 2.29 bits per heavy atom. The summed E-state index contributed by atoms with van der Waals surface area (Å²) < 4.78 is 0. The fourth-order valence-corrected chi connectivity index (χ4v) is 3.56. The Morgan fingerprint density at radius 1 is 1.19 bits per heavy atom. The minimum Gasteiger partial charge on any atom is -0.342 e. The molecule has 2 aliphatic rings. The summed E-state index contributed by atoms with van der Waals surface area (Å²) in [6, 6.07) is 0.686. The second-order valence-corrected chi connectivity index (χ2v) is 6.29. The van der Waals surface area contributed by atoms with Crippen molar-refractivity contribution in [2.24, 2.45) is 11.7 Å². The third-order valence-electron chi connectivity index (χ3n) is 4.81. The molecular weight excluding hydrogens is 309 g/mol. The highest BCUT2D eigenvalue weighted by molar-refractivity contribution is 5.85. The molecule has 1 saturated carbocycles. The maximum absolute atomic E-state index is 12.5. The summed E-state index contributed by atoms with van der Waals surface area (Å²) >= 11 is 0. The van der Waals surface area contributed by atoms with E-state index in [9.17, 15) is 4.79 Å². The molecular formula is C15H31Cl2N3O. The van der Waals surface area contributed by atoms with Gasteiger partial charge in [0.1, 0.15) is 0 Å². The average molecular weight is 340 g/mol. The molecule has 0 spiro atoms. The zero-order valence-corrected chi connectivity index (χ0v) is 14.9. The second-order valence-electron chi connectivity index (χ2n) is 6.29. The third-order valence-corrected chi connectivity index (χ3v) is 4.81. The van der Waals surface area contributed by atoms with Gasteiger partial charge in [-0.25, -0.2) is 0 Å². The van der Waals surface area contributed by atoms with Crippen molar-refractivity contribution in [3.05, 3.63) is 0 Å². The highest BCUT2D eigenvalue weighted by Crippen LogP contribution is 2.27. The van der Waals surface area contributed by atoms with E-state index in [1.807, 2.05) is 11.9 Å². The molecule has 1 amide bonds. The molecule has 21 heavy (non-hydrogen) atoms. The Labute approximate surface area is 141 Å². The lowest BCUT2D eigenvalue weighted by molar-refractivity contribution is -0.137. The van der Waals surface area contributed by atoms with E-state index in [1.54, 1.807) is 0 Å². The van der Waals surface area contributed by atoms with Crippen LogP contribution in [0.15, 0.2) is 0 Å². The molecule has 0 aromatic carbocycles. The smallest absolute Gasteiger partial charge is 0.225 e. The lowest BCUT2D eigenvalue weighted by atomic mass is 10.00. The molecule has 0 aromatic rings. The van der Waals surface area contributed by atoms with Crippen LogP contribution < -0.4 is 5.73 Å². The van der Waals surface area contributed by atoms with Crippen molar-refractivity contribution in [1.29, 1.82) is 0 Å². The first kappa shape index (κ1) is 21.0. The summed E-state index contributed by atoms with van der Waals surface area (Å²) in [6.07, 6.45) is 6.36. The van der Waals surface area contributed by atoms with E-state index in [2.05, 4.69) is 11.8 Å². The number of carbonyl (C=O) groups is 1. The van der Waals surface area contributed by atoms with Crippen LogP contribution in [0.1, 0.15) is 45.4 Å².